The molecule has 0 spiro atoms. The van der Waals surface area contributed by atoms with Crippen LogP contribution in [0.4, 0.5) is 11.4 Å². The third-order valence-corrected chi connectivity index (χ3v) is 3.90. The van der Waals surface area contributed by atoms with E-state index in [1.54, 1.807) is 36.4 Å². The molecule has 0 fully saturated rings. The molecule has 0 aliphatic carbocycles. The maximum absolute atomic E-state index is 12.3. The Labute approximate surface area is 158 Å². The van der Waals surface area contributed by atoms with Crippen molar-refractivity contribution in [2.24, 2.45) is 0 Å². The first-order valence-corrected chi connectivity index (χ1v) is 8.37. The zero-order chi connectivity index (χ0) is 20.0. The van der Waals surface area contributed by atoms with Crippen molar-refractivity contribution in [1.29, 1.82) is 0 Å². The molecule has 0 heterocycles. The molecule has 144 valence electrons. The monoisotopic (exact) mass is 372 g/mol. The molecule has 1 unspecified atom stereocenters. The van der Waals surface area contributed by atoms with Gasteiger partial charge in [-0.3, -0.25) is 4.79 Å². The minimum Gasteiger partial charge on any atom is -0.493 e. The lowest BCUT2D eigenvalue weighted by molar-refractivity contribution is -0.123. The van der Waals surface area contributed by atoms with Gasteiger partial charge >= 0.3 is 5.97 Å². The molecule has 7 heteroatoms. The van der Waals surface area contributed by atoms with Gasteiger partial charge in [-0.1, -0.05) is 6.07 Å². The molecule has 2 rings (SSSR count). The van der Waals surface area contributed by atoms with Crippen LogP contribution in [0.2, 0.25) is 0 Å². The maximum atomic E-state index is 12.3. The highest BCUT2D eigenvalue weighted by Gasteiger charge is 2.20. The minimum atomic E-state index is -0.964. The second-order valence-electron chi connectivity index (χ2n) is 6.05. The summed E-state index contributed by atoms with van der Waals surface area (Å²) < 4.78 is 15.6. The number of ether oxygens (including phenoxy) is 3. The number of carbonyl (C=O) groups is 2. The number of nitrogens with one attached hydrogen (secondary N) is 1. The first-order chi connectivity index (χ1) is 12.8. The Kier molecular flexibility index (Phi) is 6.65. The topological polar surface area (TPSA) is 77.1 Å². The van der Waals surface area contributed by atoms with Crippen molar-refractivity contribution >= 4 is 23.3 Å². The minimum absolute atomic E-state index is 0.381. The average molecular weight is 372 g/mol. The molecule has 27 heavy (non-hydrogen) atoms. The first kappa shape index (κ1) is 20.1. The van der Waals surface area contributed by atoms with Crippen molar-refractivity contribution in [3.63, 3.8) is 0 Å². The fraction of sp³-hybridized carbons (Fsp3) is 0.300. The third-order valence-electron chi connectivity index (χ3n) is 3.90. The fourth-order valence-corrected chi connectivity index (χ4v) is 2.35. The molecule has 0 aromatic heterocycles. The number of nitrogens with zero attached hydrogens (tertiary/aromatic N) is 1. The highest BCUT2D eigenvalue weighted by atomic mass is 16.5. The van der Waals surface area contributed by atoms with E-state index in [1.807, 2.05) is 25.1 Å². The molecule has 1 atom stereocenters. The lowest BCUT2D eigenvalue weighted by Gasteiger charge is -2.16. The van der Waals surface area contributed by atoms with Crippen LogP contribution in [-0.4, -0.2) is 46.3 Å². The second kappa shape index (κ2) is 8.93. The van der Waals surface area contributed by atoms with Crippen LogP contribution in [0, 0.1) is 0 Å². The lowest BCUT2D eigenvalue weighted by atomic mass is 10.2. The van der Waals surface area contributed by atoms with Crippen molar-refractivity contribution in [1.82, 2.24) is 0 Å². The third kappa shape index (κ3) is 5.13. The summed E-state index contributed by atoms with van der Waals surface area (Å²) in [6.45, 7) is 1.52. The SMILES string of the molecule is COc1ccc(NC(=O)C(C)OC(=O)c2cccc(N(C)C)c2)cc1OC. The summed E-state index contributed by atoms with van der Waals surface area (Å²) in [6, 6.07) is 12.0. The van der Waals surface area contributed by atoms with Crippen molar-refractivity contribution in [3.8, 4) is 11.5 Å². The number of methoxy groups -OCH3 is 2. The molecular formula is C20H24N2O5. The fourth-order valence-electron chi connectivity index (χ4n) is 2.35. The molecule has 0 saturated heterocycles. The summed E-state index contributed by atoms with van der Waals surface area (Å²) in [5, 5.41) is 2.69. The predicted molar refractivity (Wildman–Crippen MR) is 104 cm³/mol. The Bertz CT molecular complexity index is 820. The van der Waals surface area contributed by atoms with Crippen LogP contribution in [0.15, 0.2) is 42.5 Å². The molecule has 2 aromatic rings. The Hall–Kier alpha value is -3.22. The highest BCUT2D eigenvalue weighted by Crippen LogP contribution is 2.29. The molecule has 2 aromatic carbocycles. The normalized spacial score (nSPS) is 11.3. The summed E-state index contributed by atoms with van der Waals surface area (Å²) in [5.41, 5.74) is 1.76. The summed E-state index contributed by atoms with van der Waals surface area (Å²) in [5.74, 6) is 0.0317. The van der Waals surface area contributed by atoms with Crippen LogP contribution < -0.4 is 19.7 Å². The van der Waals surface area contributed by atoms with Crippen molar-refractivity contribution < 1.29 is 23.8 Å². The summed E-state index contributed by atoms with van der Waals surface area (Å²) in [6.07, 6.45) is -0.964. The number of benzene rings is 2. The Balaban J connectivity index is 2.03. The van der Waals surface area contributed by atoms with E-state index in [4.69, 9.17) is 14.2 Å². The van der Waals surface area contributed by atoms with E-state index >= 15 is 0 Å². The van der Waals surface area contributed by atoms with Gasteiger partial charge in [-0.15, -0.1) is 0 Å². The van der Waals surface area contributed by atoms with Gasteiger partial charge in [-0.2, -0.15) is 0 Å². The summed E-state index contributed by atoms with van der Waals surface area (Å²) >= 11 is 0. The number of hydrogen-bond acceptors (Lipinski definition) is 6. The van der Waals surface area contributed by atoms with Gasteiger partial charge < -0.3 is 24.4 Å². The van der Waals surface area contributed by atoms with Gasteiger partial charge in [0.1, 0.15) is 0 Å². The van der Waals surface area contributed by atoms with E-state index in [0.29, 0.717) is 22.7 Å². The van der Waals surface area contributed by atoms with E-state index < -0.39 is 18.0 Å². The predicted octanol–water partition coefficient (Wildman–Crippen LogP) is 2.95. The molecule has 0 aliphatic heterocycles. The summed E-state index contributed by atoms with van der Waals surface area (Å²) in [4.78, 5) is 26.5. The van der Waals surface area contributed by atoms with Crippen LogP contribution in [0.5, 0.6) is 11.5 Å². The van der Waals surface area contributed by atoms with Gasteiger partial charge in [0, 0.05) is 31.5 Å². The zero-order valence-corrected chi connectivity index (χ0v) is 16.1. The smallest absolute Gasteiger partial charge is 0.338 e. The van der Waals surface area contributed by atoms with E-state index in [1.165, 1.54) is 21.1 Å². The quantitative estimate of drug-likeness (QED) is 0.753. The molecular weight excluding hydrogens is 348 g/mol. The van der Waals surface area contributed by atoms with Crippen LogP contribution in [0.3, 0.4) is 0 Å². The van der Waals surface area contributed by atoms with Gasteiger partial charge in [0.25, 0.3) is 5.91 Å². The first-order valence-electron chi connectivity index (χ1n) is 8.37. The van der Waals surface area contributed by atoms with E-state index in [0.717, 1.165) is 5.69 Å². The van der Waals surface area contributed by atoms with Crippen molar-refractivity contribution in [2.75, 3.05) is 38.5 Å². The zero-order valence-electron chi connectivity index (χ0n) is 16.1. The van der Waals surface area contributed by atoms with Gasteiger partial charge in [-0.05, 0) is 37.3 Å². The van der Waals surface area contributed by atoms with Crippen LogP contribution in [-0.2, 0) is 9.53 Å². The van der Waals surface area contributed by atoms with E-state index in [9.17, 15) is 9.59 Å². The molecule has 1 N–H and O–H groups in total. The Morgan fingerprint density at radius 3 is 2.33 bits per heavy atom. The van der Waals surface area contributed by atoms with Crippen LogP contribution in [0.1, 0.15) is 17.3 Å². The highest BCUT2D eigenvalue weighted by molar-refractivity contribution is 5.97. The largest absolute Gasteiger partial charge is 0.493 e. The number of amides is 1. The van der Waals surface area contributed by atoms with Gasteiger partial charge in [-0.25, -0.2) is 4.79 Å². The number of carbonyl (C=O) groups excluding carboxylic acids is 2. The van der Waals surface area contributed by atoms with Crippen molar-refractivity contribution in [2.45, 2.75) is 13.0 Å². The maximum Gasteiger partial charge on any atom is 0.338 e. The van der Waals surface area contributed by atoms with Gasteiger partial charge in [0.05, 0.1) is 19.8 Å². The number of rotatable bonds is 7. The van der Waals surface area contributed by atoms with Gasteiger partial charge in [0.2, 0.25) is 0 Å². The Morgan fingerprint density at radius 1 is 1.00 bits per heavy atom. The van der Waals surface area contributed by atoms with E-state index in [-0.39, 0.29) is 0 Å². The lowest BCUT2D eigenvalue weighted by Crippen LogP contribution is -2.30. The van der Waals surface area contributed by atoms with Crippen LogP contribution >= 0.6 is 0 Å². The molecule has 0 bridgehead atoms. The van der Waals surface area contributed by atoms with Gasteiger partial charge in [0.15, 0.2) is 17.6 Å². The second-order valence-corrected chi connectivity index (χ2v) is 6.05. The molecule has 0 saturated carbocycles. The van der Waals surface area contributed by atoms with E-state index in [2.05, 4.69) is 5.32 Å². The molecule has 0 radical (unpaired) electrons. The number of anilines is 2. The molecule has 1 amide bonds. The van der Waals surface area contributed by atoms with Crippen molar-refractivity contribution in [3.05, 3.63) is 48.0 Å². The molecule has 7 nitrogen and oxygen atoms in total. The standard InChI is InChI=1S/C20H24N2O5/c1-13(27-20(24)14-7-6-8-16(11-14)22(2)3)19(23)21-15-9-10-17(25-4)18(12-15)26-5/h6-13H,1-5H3,(H,21,23). The molecule has 0 aliphatic rings. The Morgan fingerprint density at radius 2 is 1.70 bits per heavy atom. The summed E-state index contributed by atoms with van der Waals surface area (Å²) in [7, 11) is 6.80. The average Bonchev–Trinajstić information content (AvgIpc) is 2.67. The number of hydrogen-bond donors (Lipinski definition) is 1. The van der Waals surface area contributed by atoms with Crippen LogP contribution in [0.25, 0.3) is 0 Å². The number of esters is 1.